The number of anilines is 1. The van der Waals surface area contributed by atoms with Gasteiger partial charge in [-0.1, -0.05) is 23.2 Å². The van der Waals surface area contributed by atoms with Gasteiger partial charge in [0.1, 0.15) is 0 Å². The summed E-state index contributed by atoms with van der Waals surface area (Å²) < 4.78 is 0. The fourth-order valence-corrected chi connectivity index (χ4v) is 2.20. The number of aromatic carboxylic acids is 1. The van der Waals surface area contributed by atoms with Crippen LogP contribution in [-0.2, 0) is 0 Å². The van der Waals surface area contributed by atoms with Crippen molar-refractivity contribution < 1.29 is 9.90 Å². The number of halogens is 2. The fourth-order valence-electron chi connectivity index (χ4n) is 1.58. The van der Waals surface area contributed by atoms with Crippen molar-refractivity contribution in [2.24, 2.45) is 0 Å². The molecule has 0 amide bonds. The molecule has 0 saturated carbocycles. The highest BCUT2D eigenvalue weighted by atomic mass is 35.5. The molecule has 2 aromatic carbocycles. The van der Waals surface area contributed by atoms with Crippen LogP contribution < -0.4 is 5.73 Å². The van der Waals surface area contributed by atoms with Gasteiger partial charge in [-0.15, -0.1) is 0 Å². The lowest BCUT2D eigenvalue weighted by Gasteiger charge is -2.07. The molecule has 5 heteroatoms. The summed E-state index contributed by atoms with van der Waals surface area (Å²) in [7, 11) is 0. The van der Waals surface area contributed by atoms with E-state index in [2.05, 4.69) is 0 Å². The minimum Gasteiger partial charge on any atom is -0.478 e. The lowest BCUT2D eigenvalue weighted by molar-refractivity contribution is 0.0697. The van der Waals surface area contributed by atoms with Crippen molar-refractivity contribution in [3.05, 3.63) is 39.9 Å². The van der Waals surface area contributed by atoms with E-state index in [0.29, 0.717) is 26.5 Å². The van der Waals surface area contributed by atoms with Gasteiger partial charge >= 0.3 is 5.97 Å². The monoisotopic (exact) mass is 255 g/mol. The molecule has 0 saturated heterocycles. The summed E-state index contributed by atoms with van der Waals surface area (Å²) in [6.45, 7) is 0. The zero-order valence-electron chi connectivity index (χ0n) is 8.00. The van der Waals surface area contributed by atoms with Gasteiger partial charge in [0.05, 0.1) is 10.6 Å². The normalized spacial score (nSPS) is 10.6. The topological polar surface area (TPSA) is 63.3 Å². The van der Waals surface area contributed by atoms with E-state index in [9.17, 15) is 4.79 Å². The molecule has 0 aliphatic rings. The molecule has 82 valence electrons. The molecule has 2 aromatic rings. The molecule has 0 aliphatic heterocycles. The molecule has 3 N–H and O–H groups in total. The summed E-state index contributed by atoms with van der Waals surface area (Å²) in [6, 6.07) is 6.07. The van der Waals surface area contributed by atoms with Gasteiger partial charge in [0.2, 0.25) is 0 Å². The number of fused-ring (bicyclic) bond motifs is 1. The first-order valence-corrected chi connectivity index (χ1v) is 5.16. The molecule has 0 radical (unpaired) electrons. The van der Waals surface area contributed by atoms with Gasteiger partial charge in [-0.2, -0.15) is 0 Å². The van der Waals surface area contributed by atoms with Gasteiger partial charge in [0.15, 0.2) is 0 Å². The molecule has 0 unspecified atom stereocenters. The van der Waals surface area contributed by atoms with Gasteiger partial charge in [0.25, 0.3) is 0 Å². The largest absolute Gasteiger partial charge is 0.478 e. The van der Waals surface area contributed by atoms with Crippen molar-refractivity contribution >= 4 is 45.6 Å². The van der Waals surface area contributed by atoms with Crippen LogP contribution in [0.1, 0.15) is 10.4 Å². The molecule has 0 spiro atoms. The van der Waals surface area contributed by atoms with Crippen LogP contribution in [0.5, 0.6) is 0 Å². The molecule has 2 rings (SSSR count). The molecular formula is C11H7Cl2NO2. The lowest BCUT2D eigenvalue weighted by Crippen LogP contribution is -1.98. The Balaban J connectivity index is 2.87. The molecule has 0 aliphatic carbocycles. The summed E-state index contributed by atoms with van der Waals surface area (Å²) in [5, 5.41) is 11.0. The van der Waals surface area contributed by atoms with Gasteiger partial charge in [-0.05, 0) is 29.7 Å². The zero-order chi connectivity index (χ0) is 11.9. The Labute approximate surface area is 101 Å². The van der Waals surface area contributed by atoms with Crippen molar-refractivity contribution in [3.8, 4) is 0 Å². The third kappa shape index (κ3) is 1.79. The molecule has 0 atom stereocenters. The molecule has 0 heterocycles. The molecule has 16 heavy (non-hydrogen) atoms. The zero-order valence-corrected chi connectivity index (χ0v) is 9.51. The highest BCUT2D eigenvalue weighted by molar-refractivity contribution is 6.39. The number of benzene rings is 2. The predicted octanol–water partition coefficient (Wildman–Crippen LogP) is 3.43. The highest BCUT2D eigenvalue weighted by Gasteiger charge is 2.10. The Kier molecular flexibility index (Phi) is 2.66. The second-order valence-corrected chi connectivity index (χ2v) is 4.20. The number of carboxylic acids is 1. The summed E-state index contributed by atoms with van der Waals surface area (Å²) >= 11 is 11.8. The number of hydrogen-bond donors (Lipinski definition) is 2. The Hall–Kier alpha value is -1.45. The number of carbonyl (C=O) groups is 1. The van der Waals surface area contributed by atoms with Crippen LogP contribution in [-0.4, -0.2) is 11.1 Å². The summed E-state index contributed by atoms with van der Waals surface area (Å²) in [5.74, 6) is -1.04. The average Bonchev–Trinajstić information content (AvgIpc) is 2.15. The maximum atomic E-state index is 10.8. The third-order valence-electron chi connectivity index (χ3n) is 2.24. The average molecular weight is 256 g/mol. The minimum atomic E-state index is -1.04. The van der Waals surface area contributed by atoms with Crippen molar-refractivity contribution in [3.63, 3.8) is 0 Å². The number of rotatable bonds is 1. The van der Waals surface area contributed by atoms with Crippen molar-refractivity contribution in [1.29, 1.82) is 0 Å². The van der Waals surface area contributed by atoms with Gasteiger partial charge < -0.3 is 10.8 Å². The predicted molar refractivity (Wildman–Crippen MR) is 65.3 cm³/mol. The number of hydrogen-bond acceptors (Lipinski definition) is 2. The van der Waals surface area contributed by atoms with E-state index in [4.69, 9.17) is 34.0 Å². The van der Waals surface area contributed by atoms with E-state index in [0.717, 1.165) is 0 Å². The van der Waals surface area contributed by atoms with Crippen LogP contribution in [0, 0.1) is 0 Å². The SMILES string of the molecule is Nc1cc(C(=O)O)cc2cc(Cl)cc(Cl)c12. The summed E-state index contributed by atoms with van der Waals surface area (Å²) in [6.07, 6.45) is 0. The second-order valence-electron chi connectivity index (χ2n) is 3.36. The molecular weight excluding hydrogens is 249 g/mol. The molecule has 0 bridgehead atoms. The number of nitrogen functional groups attached to an aromatic ring is 1. The first-order chi connectivity index (χ1) is 7.49. The molecule has 0 aromatic heterocycles. The number of nitrogens with two attached hydrogens (primary N) is 1. The summed E-state index contributed by atoms with van der Waals surface area (Å²) in [4.78, 5) is 10.8. The Morgan fingerprint density at radius 2 is 1.88 bits per heavy atom. The van der Waals surface area contributed by atoms with Gasteiger partial charge in [-0.3, -0.25) is 0 Å². The van der Waals surface area contributed by atoms with Crippen molar-refractivity contribution in [2.75, 3.05) is 5.73 Å². The van der Waals surface area contributed by atoms with E-state index < -0.39 is 5.97 Å². The first kappa shape index (κ1) is 11.0. The quantitative estimate of drug-likeness (QED) is 0.768. The third-order valence-corrected chi connectivity index (χ3v) is 2.76. The fraction of sp³-hybridized carbons (Fsp3) is 0. The van der Waals surface area contributed by atoms with E-state index >= 15 is 0 Å². The second kappa shape index (κ2) is 3.85. The first-order valence-electron chi connectivity index (χ1n) is 4.40. The van der Waals surface area contributed by atoms with Gasteiger partial charge in [-0.25, -0.2) is 4.79 Å². The smallest absolute Gasteiger partial charge is 0.335 e. The maximum Gasteiger partial charge on any atom is 0.335 e. The lowest BCUT2D eigenvalue weighted by atomic mass is 10.0. The molecule has 3 nitrogen and oxygen atoms in total. The van der Waals surface area contributed by atoms with Crippen molar-refractivity contribution in [2.45, 2.75) is 0 Å². The highest BCUT2D eigenvalue weighted by Crippen LogP contribution is 2.33. The summed E-state index contributed by atoms with van der Waals surface area (Å²) in [5.41, 5.74) is 6.20. The van der Waals surface area contributed by atoms with Crippen LogP contribution in [0.15, 0.2) is 24.3 Å². The van der Waals surface area contributed by atoms with Crippen LogP contribution in [0.25, 0.3) is 10.8 Å². The maximum absolute atomic E-state index is 10.8. The van der Waals surface area contributed by atoms with Crippen LogP contribution in [0.2, 0.25) is 10.0 Å². The number of carboxylic acid groups (broad SMARTS) is 1. The van der Waals surface area contributed by atoms with Crippen LogP contribution in [0.4, 0.5) is 5.69 Å². The van der Waals surface area contributed by atoms with Crippen LogP contribution in [0.3, 0.4) is 0 Å². The van der Waals surface area contributed by atoms with Crippen molar-refractivity contribution in [1.82, 2.24) is 0 Å². The van der Waals surface area contributed by atoms with Crippen LogP contribution >= 0.6 is 23.2 Å². The Morgan fingerprint density at radius 3 is 2.50 bits per heavy atom. The standard InChI is InChI=1S/C11H7Cl2NO2/c12-7-2-5-1-6(11(15)16)3-9(14)10(5)8(13)4-7/h1-4H,14H2,(H,15,16). The van der Waals surface area contributed by atoms with Gasteiger partial charge in [0, 0.05) is 16.1 Å². The van der Waals surface area contributed by atoms with E-state index in [1.807, 2.05) is 0 Å². The van der Waals surface area contributed by atoms with E-state index in [1.54, 1.807) is 12.1 Å². The minimum absolute atomic E-state index is 0.114. The Morgan fingerprint density at radius 1 is 1.19 bits per heavy atom. The molecule has 0 fully saturated rings. The Bertz CT molecular complexity index is 596. The van der Waals surface area contributed by atoms with E-state index in [-0.39, 0.29) is 5.56 Å². The van der Waals surface area contributed by atoms with E-state index in [1.165, 1.54) is 12.1 Å².